The first-order valence-corrected chi connectivity index (χ1v) is 8.82. The molecule has 0 saturated carbocycles. The standard InChI is InChI=1S/C21H14F5N3O/c1-12-18-16(21(24,25)26)11-17(13-7-9-15(10-8-13)30-20(22)23)27-19(18)29(28-12)14-5-3-2-4-6-14/h2-11,20H,1H3. The van der Waals surface area contributed by atoms with E-state index in [-0.39, 0.29) is 28.2 Å². The molecule has 30 heavy (non-hydrogen) atoms. The summed E-state index contributed by atoms with van der Waals surface area (Å²) in [5.74, 6) is -0.101. The van der Waals surface area contributed by atoms with Crippen LogP contribution in [0.2, 0.25) is 0 Å². The quantitative estimate of drug-likeness (QED) is 0.380. The molecule has 0 bridgehead atoms. The van der Waals surface area contributed by atoms with Gasteiger partial charge in [-0.2, -0.15) is 27.1 Å². The number of alkyl halides is 5. The van der Waals surface area contributed by atoms with Crippen molar-refractivity contribution in [2.45, 2.75) is 19.7 Å². The number of fused-ring (bicyclic) bond motifs is 1. The van der Waals surface area contributed by atoms with Crippen LogP contribution in [0.5, 0.6) is 5.75 Å². The topological polar surface area (TPSA) is 39.9 Å². The molecule has 2 aromatic heterocycles. The minimum atomic E-state index is -4.63. The second-order valence-corrected chi connectivity index (χ2v) is 6.49. The maximum atomic E-state index is 13.8. The highest BCUT2D eigenvalue weighted by Gasteiger charge is 2.35. The van der Waals surface area contributed by atoms with Crippen LogP contribution in [-0.4, -0.2) is 21.4 Å². The van der Waals surface area contributed by atoms with Crippen molar-refractivity contribution in [1.82, 2.24) is 14.8 Å². The SMILES string of the molecule is Cc1nn(-c2ccccc2)c2nc(-c3ccc(OC(F)F)cc3)cc(C(F)(F)F)c12. The molecule has 0 N–H and O–H groups in total. The predicted molar refractivity (Wildman–Crippen MR) is 101 cm³/mol. The second kappa shape index (κ2) is 7.40. The van der Waals surface area contributed by atoms with E-state index in [0.717, 1.165) is 6.07 Å². The molecule has 4 nitrogen and oxygen atoms in total. The van der Waals surface area contributed by atoms with Crippen LogP contribution in [0.15, 0.2) is 60.7 Å². The van der Waals surface area contributed by atoms with Crippen LogP contribution in [0, 0.1) is 6.92 Å². The molecule has 0 aliphatic rings. The highest BCUT2D eigenvalue weighted by atomic mass is 19.4. The van der Waals surface area contributed by atoms with Crippen LogP contribution in [0.3, 0.4) is 0 Å². The van der Waals surface area contributed by atoms with E-state index in [1.807, 2.05) is 0 Å². The smallest absolute Gasteiger partial charge is 0.417 e. The number of benzene rings is 2. The Bertz CT molecular complexity index is 1190. The molecule has 9 heteroatoms. The summed E-state index contributed by atoms with van der Waals surface area (Å²) < 4.78 is 71.9. The average molecular weight is 419 g/mol. The molecular formula is C21H14F5N3O. The van der Waals surface area contributed by atoms with Gasteiger partial charge in [-0.25, -0.2) is 9.67 Å². The van der Waals surface area contributed by atoms with Gasteiger partial charge in [-0.1, -0.05) is 18.2 Å². The number of nitrogens with zero attached hydrogens (tertiary/aromatic N) is 3. The van der Waals surface area contributed by atoms with Crippen molar-refractivity contribution >= 4 is 11.0 Å². The van der Waals surface area contributed by atoms with Crippen molar-refractivity contribution in [1.29, 1.82) is 0 Å². The van der Waals surface area contributed by atoms with Crippen LogP contribution in [0.4, 0.5) is 22.0 Å². The molecule has 2 heterocycles. The number of pyridine rings is 1. The van der Waals surface area contributed by atoms with Crippen LogP contribution in [0.1, 0.15) is 11.3 Å². The highest BCUT2D eigenvalue weighted by Crippen LogP contribution is 2.38. The van der Waals surface area contributed by atoms with Gasteiger partial charge in [0.1, 0.15) is 5.75 Å². The summed E-state index contributed by atoms with van der Waals surface area (Å²) in [5, 5.41) is 4.18. The Morgan fingerprint density at radius 2 is 1.63 bits per heavy atom. The van der Waals surface area contributed by atoms with E-state index < -0.39 is 18.4 Å². The molecule has 0 amide bonds. The second-order valence-electron chi connectivity index (χ2n) is 6.49. The Kier molecular flexibility index (Phi) is 4.89. The van der Waals surface area contributed by atoms with Crippen LogP contribution in [-0.2, 0) is 6.18 Å². The zero-order chi connectivity index (χ0) is 21.5. The number of para-hydroxylation sites is 1. The van der Waals surface area contributed by atoms with Gasteiger partial charge in [-0.15, -0.1) is 0 Å². The fourth-order valence-electron chi connectivity index (χ4n) is 3.22. The first-order chi connectivity index (χ1) is 14.2. The molecule has 0 saturated heterocycles. The van der Waals surface area contributed by atoms with Gasteiger partial charge in [0.15, 0.2) is 5.65 Å². The van der Waals surface area contributed by atoms with Crippen molar-refractivity contribution in [3.05, 3.63) is 71.9 Å². The molecule has 0 aliphatic carbocycles. The number of hydrogen-bond donors (Lipinski definition) is 0. The monoisotopic (exact) mass is 419 g/mol. The Hall–Kier alpha value is -3.49. The summed E-state index contributed by atoms with van der Waals surface area (Å²) in [5.41, 5.74) is 0.305. The number of aromatic nitrogens is 3. The summed E-state index contributed by atoms with van der Waals surface area (Å²) in [6, 6.07) is 14.9. The Morgan fingerprint density at radius 1 is 0.967 bits per heavy atom. The van der Waals surface area contributed by atoms with E-state index in [9.17, 15) is 22.0 Å². The lowest BCUT2D eigenvalue weighted by Crippen LogP contribution is -2.08. The lowest BCUT2D eigenvalue weighted by atomic mass is 10.0. The minimum absolute atomic E-state index is 0.0375. The van der Waals surface area contributed by atoms with Crippen molar-refractivity contribution in [3.8, 4) is 22.7 Å². The molecule has 0 aliphatic heterocycles. The van der Waals surface area contributed by atoms with Gasteiger partial charge in [0.2, 0.25) is 0 Å². The summed E-state index contributed by atoms with van der Waals surface area (Å²) in [4.78, 5) is 4.42. The van der Waals surface area contributed by atoms with E-state index in [0.29, 0.717) is 11.3 Å². The fourth-order valence-corrected chi connectivity index (χ4v) is 3.22. The Labute approximate surface area is 167 Å². The molecule has 0 spiro atoms. The van der Waals surface area contributed by atoms with Crippen molar-refractivity contribution in [2.75, 3.05) is 0 Å². The molecule has 4 aromatic rings. The molecule has 0 fully saturated rings. The number of halogens is 5. The molecule has 0 atom stereocenters. The van der Waals surface area contributed by atoms with E-state index in [4.69, 9.17) is 0 Å². The van der Waals surface area contributed by atoms with Gasteiger partial charge in [0.25, 0.3) is 0 Å². The lowest BCUT2D eigenvalue weighted by Gasteiger charge is -2.12. The first-order valence-electron chi connectivity index (χ1n) is 8.82. The van der Waals surface area contributed by atoms with Gasteiger partial charge in [0, 0.05) is 5.56 Å². The van der Waals surface area contributed by atoms with Crippen molar-refractivity contribution in [3.63, 3.8) is 0 Å². The van der Waals surface area contributed by atoms with Gasteiger partial charge >= 0.3 is 12.8 Å². The number of ether oxygens (including phenoxy) is 1. The molecular weight excluding hydrogens is 405 g/mol. The third kappa shape index (κ3) is 3.70. The van der Waals surface area contributed by atoms with Gasteiger partial charge in [0.05, 0.1) is 28.0 Å². The van der Waals surface area contributed by atoms with E-state index in [1.54, 1.807) is 30.3 Å². The normalized spacial score (nSPS) is 12.0. The molecule has 0 unspecified atom stereocenters. The number of aryl methyl sites for hydroxylation is 1. The summed E-state index contributed by atoms with van der Waals surface area (Å²) >= 11 is 0. The number of hydrogen-bond acceptors (Lipinski definition) is 3. The third-order valence-corrected chi connectivity index (χ3v) is 4.49. The Balaban J connectivity index is 1.93. The van der Waals surface area contributed by atoms with E-state index in [2.05, 4.69) is 14.8 Å². The summed E-state index contributed by atoms with van der Waals surface area (Å²) in [7, 11) is 0. The molecule has 154 valence electrons. The number of rotatable bonds is 4. The van der Waals surface area contributed by atoms with E-state index >= 15 is 0 Å². The van der Waals surface area contributed by atoms with Gasteiger partial charge in [-0.05, 0) is 49.4 Å². The third-order valence-electron chi connectivity index (χ3n) is 4.49. The zero-order valence-corrected chi connectivity index (χ0v) is 15.5. The fraction of sp³-hybridized carbons (Fsp3) is 0.143. The van der Waals surface area contributed by atoms with E-state index in [1.165, 1.54) is 35.9 Å². The average Bonchev–Trinajstić information content (AvgIpc) is 3.04. The largest absolute Gasteiger partial charge is 0.435 e. The maximum absolute atomic E-state index is 13.8. The van der Waals surface area contributed by atoms with Crippen molar-refractivity contribution in [2.24, 2.45) is 0 Å². The van der Waals surface area contributed by atoms with Crippen molar-refractivity contribution < 1.29 is 26.7 Å². The molecule has 2 aromatic carbocycles. The molecule has 0 radical (unpaired) electrons. The lowest BCUT2D eigenvalue weighted by molar-refractivity contribution is -0.136. The minimum Gasteiger partial charge on any atom is -0.435 e. The Morgan fingerprint density at radius 3 is 2.23 bits per heavy atom. The predicted octanol–water partition coefficient (Wildman–Crippen LogP) is 6.02. The summed E-state index contributed by atoms with van der Waals surface area (Å²) in [6.07, 6.45) is -4.63. The van der Waals surface area contributed by atoms with Crippen LogP contribution < -0.4 is 4.74 Å². The van der Waals surface area contributed by atoms with Crippen LogP contribution in [0.25, 0.3) is 28.0 Å². The van der Waals surface area contributed by atoms with Crippen LogP contribution >= 0.6 is 0 Å². The van der Waals surface area contributed by atoms with Gasteiger partial charge in [-0.3, -0.25) is 0 Å². The zero-order valence-electron chi connectivity index (χ0n) is 15.5. The highest BCUT2D eigenvalue weighted by molar-refractivity contribution is 5.87. The van der Waals surface area contributed by atoms with Gasteiger partial charge < -0.3 is 4.74 Å². The molecule has 4 rings (SSSR count). The maximum Gasteiger partial charge on any atom is 0.417 e. The first kappa shape index (κ1) is 19.8. The summed E-state index contributed by atoms with van der Waals surface area (Å²) in [6.45, 7) is -1.50.